The number of nitrogens with zero attached hydrogens (tertiary/aromatic N) is 1. The van der Waals surface area contributed by atoms with E-state index in [2.05, 4.69) is 40.4 Å². The summed E-state index contributed by atoms with van der Waals surface area (Å²) in [6.07, 6.45) is 2.47. The van der Waals surface area contributed by atoms with Crippen molar-refractivity contribution in [2.75, 3.05) is 13.1 Å². The number of aromatic nitrogens is 2. The molecule has 1 aromatic carbocycles. The third kappa shape index (κ3) is 2.48. The van der Waals surface area contributed by atoms with Crippen LogP contribution in [-0.2, 0) is 0 Å². The molecule has 0 amide bonds. The molecule has 17 heavy (non-hydrogen) atoms. The van der Waals surface area contributed by atoms with E-state index in [1.54, 1.807) is 0 Å². The van der Waals surface area contributed by atoms with Crippen molar-refractivity contribution in [1.82, 2.24) is 15.3 Å². The third-order valence-corrected chi connectivity index (χ3v) is 4.40. The smallest absolute Gasteiger partial charge is 0.166 e. The van der Waals surface area contributed by atoms with Gasteiger partial charge in [0.2, 0.25) is 0 Å². The van der Waals surface area contributed by atoms with Gasteiger partial charge in [0.25, 0.3) is 0 Å². The van der Waals surface area contributed by atoms with E-state index in [4.69, 9.17) is 0 Å². The fourth-order valence-corrected chi connectivity index (χ4v) is 3.33. The number of rotatable bonds is 2. The predicted octanol–water partition coefficient (Wildman–Crippen LogP) is 2.72. The summed E-state index contributed by atoms with van der Waals surface area (Å²) in [5.41, 5.74) is 3.51. The summed E-state index contributed by atoms with van der Waals surface area (Å²) < 4.78 is 0. The van der Waals surface area contributed by atoms with Gasteiger partial charge in [-0.3, -0.25) is 0 Å². The highest BCUT2D eigenvalue weighted by atomic mass is 32.2. The zero-order chi connectivity index (χ0) is 11.7. The lowest BCUT2D eigenvalue weighted by atomic mass is 10.2. The van der Waals surface area contributed by atoms with Crippen LogP contribution in [0.15, 0.2) is 23.4 Å². The van der Waals surface area contributed by atoms with E-state index in [0.29, 0.717) is 5.25 Å². The van der Waals surface area contributed by atoms with Crippen LogP contribution in [0.2, 0.25) is 0 Å². The fourth-order valence-electron chi connectivity index (χ4n) is 2.23. The molecule has 3 nitrogen and oxygen atoms in total. The van der Waals surface area contributed by atoms with Crippen LogP contribution in [0.3, 0.4) is 0 Å². The van der Waals surface area contributed by atoms with Gasteiger partial charge in [0.15, 0.2) is 5.16 Å². The lowest BCUT2D eigenvalue weighted by molar-refractivity contribution is 0.531. The van der Waals surface area contributed by atoms with Gasteiger partial charge in [0.05, 0.1) is 11.0 Å². The standard InChI is InChI=1S/C13H17N3S/c1-9-2-3-11-12(8-9)16-13(15-11)17-10-4-6-14-7-5-10/h2-3,8,10,14H,4-7H2,1H3,(H,15,16). The first kappa shape index (κ1) is 11.1. The molecule has 1 aliphatic rings. The Morgan fingerprint density at radius 3 is 2.94 bits per heavy atom. The van der Waals surface area contributed by atoms with Crippen LogP contribution in [0.4, 0.5) is 0 Å². The average molecular weight is 247 g/mol. The van der Waals surface area contributed by atoms with Crippen LogP contribution in [0.25, 0.3) is 11.0 Å². The zero-order valence-electron chi connectivity index (χ0n) is 9.99. The molecule has 0 spiro atoms. The molecule has 2 aromatic rings. The maximum atomic E-state index is 4.63. The molecule has 0 bridgehead atoms. The Hall–Kier alpha value is -1.00. The first-order chi connectivity index (χ1) is 8.31. The van der Waals surface area contributed by atoms with Crippen LogP contribution in [0.5, 0.6) is 0 Å². The van der Waals surface area contributed by atoms with Crippen molar-refractivity contribution in [3.63, 3.8) is 0 Å². The van der Waals surface area contributed by atoms with Gasteiger partial charge in [-0.15, -0.1) is 0 Å². The number of aryl methyl sites for hydroxylation is 1. The number of fused-ring (bicyclic) bond motifs is 1. The van der Waals surface area contributed by atoms with Crippen LogP contribution >= 0.6 is 11.8 Å². The molecule has 0 saturated carbocycles. The molecule has 2 N–H and O–H groups in total. The molecular formula is C13H17N3S. The number of aromatic amines is 1. The second kappa shape index (κ2) is 4.70. The molecule has 1 aliphatic heterocycles. The van der Waals surface area contributed by atoms with Gasteiger partial charge in [-0.25, -0.2) is 4.98 Å². The van der Waals surface area contributed by atoms with Crippen molar-refractivity contribution in [1.29, 1.82) is 0 Å². The molecule has 1 saturated heterocycles. The van der Waals surface area contributed by atoms with Crippen LogP contribution in [0, 0.1) is 6.92 Å². The summed E-state index contributed by atoms with van der Waals surface area (Å²) in [6.45, 7) is 4.38. The highest BCUT2D eigenvalue weighted by Gasteiger charge is 2.16. The fraction of sp³-hybridized carbons (Fsp3) is 0.462. The van der Waals surface area contributed by atoms with Gasteiger partial charge < -0.3 is 10.3 Å². The number of thioether (sulfide) groups is 1. The van der Waals surface area contributed by atoms with Gasteiger partial charge >= 0.3 is 0 Å². The van der Waals surface area contributed by atoms with E-state index in [1.165, 1.54) is 18.4 Å². The Bertz CT molecular complexity index is 514. The summed E-state index contributed by atoms with van der Waals surface area (Å²) >= 11 is 1.89. The van der Waals surface area contributed by atoms with Gasteiger partial charge in [-0.05, 0) is 50.6 Å². The lowest BCUT2D eigenvalue weighted by Gasteiger charge is -2.20. The number of hydrogen-bond donors (Lipinski definition) is 2. The molecule has 1 fully saturated rings. The van der Waals surface area contributed by atoms with E-state index in [1.807, 2.05) is 11.8 Å². The van der Waals surface area contributed by atoms with Crippen molar-refractivity contribution in [3.05, 3.63) is 23.8 Å². The Morgan fingerprint density at radius 2 is 2.12 bits per heavy atom. The second-order valence-corrected chi connectivity index (χ2v) is 5.92. The number of H-pyrrole nitrogens is 1. The molecule has 4 heteroatoms. The van der Waals surface area contributed by atoms with Gasteiger partial charge in [0.1, 0.15) is 0 Å². The van der Waals surface area contributed by atoms with Gasteiger partial charge in [0, 0.05) is 5.25 Å². The van der Waals surface area contributed by atoms with Crippen molar-refractivity contribution in [3.8, 4) is 0 Å². The molecule has 0 atom stereocenters. The molecule has 0 unspecified atom stereocenters. The second-order valence-electron chi connectivity index (χ2n) is 4.63. The topological polar surface area (TPSA) is 40.7 Å². The Morgan fingerprint density at radius 1 is 1.29 bits per heavy atom. The summed E-state index contributed by atoms with van der Waals surface area (Å²) in [7, 11) is 0. The molecule has 0 radical (unpaired) electrons. The molecule has 0 aliphatic carbocycles. The van der Waals surface area contributed by atoms with E-state index >= 15 is 0 Å². The number of benzene rings is 1. The maximum Gasteiger partial charge on any atom is 0.166 e. The number of nitrogens with one attached hydrogen (secondary N) is 2. The van der Waals surface area contributed by atoms with E-state index in [-0.39, 0.29) is 0 Å². The molecule has 1 aromatic heterocycles. The van der Waals surface area contributed by atoms with Crippen molar-refractivity contribution in [2.24, 2.45) is 0 Å². The molecule has 2 heterocycles. The average Bonchev–Trinajstić information content (AvgIpc) is 2.71. The third-order valence-electron chi connectivity index (χ3n) is 3.18. The van der Waals surface area contributed by atoms with Crippen molar-refractivity contribution in [2.45, 2.75) is 30.2 Å². The Labute approximate surface area is 105 Å². The van der Waals surface area contributed by atoms with Crippen LogP contribution < -0.4 is 5.32 Å². The Balaban J connectivity index is 1.80. The lowest BCUT2D eigenvalue weighted by Crippen LogP contribution is -2.29. The quantitative estimate of drug-likeness (QED) is 0.857. The van der Waals surface area contributed by atoms with E-state index in [0.717, 1.165) is 29.3 Å². The van der Waals surface area contributed by atoms with Gasteiger partial charge in [-0.2, -0.15) is 0 Å². The summed E-state index contributed by atoms with van der Waals surface area (Å²) in [5, 5.41) is 5.16. The maximum absolute atomic E-state index is 4.63. The Kier molecular flexibility index (Phi) is 3.07. The zero-order valence-corrected chi connectivity index (χ0v) is 10.8. The monoisotopic (exact) mass is 247 g/mol. The number of imidazole rings is 1. The largest absolute Gasteiger partial charge is 0.333 e. The highest BCUT2D eigenvalue weighted by molar-refractivity contribution is 7.99. The molecule has 90 valence electrons. The highest BCUT2D eigenvalue weighted by Crippen LogP contribution is 2.28. The molecular weight excluding hydrogens is 230 g/mol. The number of hydrogen-bond acceptors (Lipinski definition) is 3. The van der Waals surface area contributed by atoms with E-state index in [9.17, 15) is 0 Å². The minimum Gasteiger partial charge on any atom is -0.333 e. The van der Waals surface area contributed by atoms with Crippen LogP contribution in [-0.4, -0.2) is 28.3 Å². The van der Waals surface area contributed by atoms with Crippen molar-refractivity contribution < 1.29 is 0 Å². The SMILES string of the molecule is Cc1ccc2nc(SC3CCNCC3)[nH]c2c1. The normalized spacial score (nSPS) is 17.7. The molecule has 3 rings (SSSR count). The predicted molar refractivity (Wildman–Crippen MR) is 72.6 cm³/mol. The van der Waals surface area contributed by atoms with Crippen LogP contribution in [0.1, 0.15) is 18.4 Å². The van der Waals surface area contributed by atoms with Crippen molar-refractivity contribution >= 4 is 22.8 Å². The number of piperidine rings is 1. The summed E-state index contributed by atoms with van der Waals surface area (Å²) in [5.74, 6) is 0. The van der Waals surface area contributed by atoms with Gasteiger partial charge in [-0.1, -0.05) is 17.8 Å². The van der Waals surface area contributed by atoms with E-state index < -0.39 is 0 Å². The summed E-state index contributed by atoms with van der Waals surface area (Å²) in [4.78, 5) is 8.05. The summed E-state index contributed by atoms with van der Waals surface area (Å²) in [6, 6.07) is 6.37. The first-order valence-corrected chi connectivity index (χ1v) is 7.03. The minimum absolute atomic E-state index is 0.706. The minimum atomic E-state index is 0.706. The first-order valence-electron chi connectivity index (χ1n) is 6.15.